The molecular formula is C13H21N5. The molecule has 0 atom stereocenters. The second kappa shape index (κ2) is 5.33. The number of rotatable bonds is 5. The minimum absolute atomic E-state index is 0.551. The summed E-state index contributed by atoms with van der Waals surface area (Å²) in [4.78, 5) is 8.96. The van der Waals surface area contributed by atoms with Gasteiger partial charge in [-0.2, -0.15) is 5.10 Å². The van der Waals surface area contributed by atoms with E-state index in [4.69, 9.17) is 0 Å². The molecule has 2 rings (SSSR count). The van der Waals surface area contributed by atoms with Crippen molar-refractivity contribution in [3.63, 3.8) is 0 Å². The van der Waals surface area contributed by atoms with Crippen LogP contribution in [0, 0.1) is 12.8 Å². The summed E-state index contributed by atoms with van der Waals surface area (Å²) in [6.07, 6.45) is 2.93. The van der Waals surface area contributed by atoms with E-state index in [0.29, 0.717) is 5.92 Å². The van der Waals surface area contributed by atoms with Crippen LogP contribution < -0.4 is 5.32 Å². The van der Waals surface area contributed by atoms with Crippen molar-refractivity contribution in [2.45, 2.75) is 40.7 Å². The SMILES string of the molecule is CCCNc1nc(C)nc2c1cnn2CC(C)C. The van der Waals surface area contributed by atoms with E-state index in [0.717, 1.165) is 42.2 Å². The molecule has 0 saturated heterocycles. The van der Waals surface area contributed by atoms with Crippen LogP contribution in [-0.4, -0.2) is 26.3 Å². The number of nitrogens with zero attached hydrogens (tertiary/aromatic N) is 4. The van der Waals surface area contributed by atoms with Gasteiger partial charge in [-0.25, -0.2) is 14.6 Å². The average Bonchev–Trinajstić information content (AvgIpc) is 2.68. The fourth-order valence-corrected chi connectivity index (χ4v) is 1.92. The highest BCUT2D eigenvalue weighted by atomic mass is 15.3. The monoisotopic (exact) mass is 247 g/mol. The fraction of sp³-hybridized carbons (Fsp3) is 0.615. The van der Waals surface area contributed by atoms with Crippen LogP contribution in [0.1, 0.15) is 33.0 Å². The maximum atomic E-state index is 4.51. The third-order valence-electron chi connectivity index (χ3n) is 2.69. The molecule has 98 valence electrons. The van der Waals surface area contributed by atoms with Gasteiger partial charge in [0.15, 0.2) is 5.65 Å². The molecule has 5 heteroatoms. The van der Waals surface area contributed by atoms with Crippen LogP contribution in [0.2, 0.25) is 0 Å². The molecule has 0 aromatic carbocycles. The van der Waals surface area contributed by atoms with Crippen molar-refractivity contribution in [2.24, 2.45) is 5.92 Å². The molecule has 0 aliphatic rings. The number of hydrogen-bond donors (Lipinski definition) is 1. The summed E-state index contributed by atoms with van der Waals surface area (Å²) in [7, 11) is 0. The second-order valence-corrected chi connectivity index (χ2v) is 5.00. The van der Waals surface area contributed by atoms with E-state index >= 15 is 0 Å². The predicted octanol–water partition coefficient (Wildman–Crippen LogP) is 2.61. The van der Waals surface area contributed by atoms with Gasteiger partial charge >= 0.3 is 0 Å². The Hall–Kier alpha value is -1.65. The van der Waals surface area contributed by atoms with Crippen molar-refractivity contribution in [3.05, 3.63) is 12.0 Å². The quantitative estimate of drug-likeness (QED) is 0.882. The molecule has 0 unspecified atom stereocenters. The van der Waals surface area contributed by atoms with Gasteiger partial charge in [-0.1, -0.05) is 20.8 Å². The van der Waals surface area contributed by atoms with E-state index in [1.807, 2.05) is 17.8 Å². The van der Waals surface area contributed by atoms with Gasteiger partial charge in [-0.05, 0) is 19.3 Å². The van der Waals surface area contributed by atoms with Crippen LogP contribution in [0.5, 0.6) is 0 Å². The zero-order valence-corrected chi connectivity index (χ0v) is 11.6. The molecule has 0 saturated carbocycles. The summed E-state index contributed by atoms with van der Waals surface area (Å²) < 4.78 is 1.96. The minimum Gasteiger partial charge on any atom is -0.369 e. The minimum atomic E-state index is 0.551. The normalized spacial score (nSPS) is 11.4. The van der Waals surface area contributed by atoms with E-state index in [2.05, 4.69) is 41.2 Å². The van der Waals surface area contributed by atoms with Crippen LogP contribution in [0.15, 0.2) is 6.20 Å². The first-order chi connectivity index (χ1) is 8.61. The lowest BCUT2D eigenvalue weighted by Gasteiger charge is -2.08. The Bertz CT molecular complexity index is 529. The molecule has 0 aliphatic carbocycles. The van der Waals surface area contributed by atoms with Gasteiger partial charge in [-0.3, -0.25) is 0 Å². The van der Waals surface area contributed by atoms with Gasteiger partial charge in [-0.15, -0.1) is 0 Å². The standard InChI is InChI=1S/C13H21N5/c1-5-6-14-12-11-7-15-18(8-9(2)3)13(11)17-10(4)16-12/h7,9H,5-6,8H2,1-4H3,(H,14,16,17). The van der Waals surface area contributed by atoms with Crippen molar-refractivity contribution < 1.29 is 0 Å². The third-order valence-corrected chi connectivity index (χ3v) is 2.69. The van der Waals surface area contributed by atoms with Crippen molar-refractivity contribution in [1.82, 2.24) is 19.7 Å². The van der Waals surface area contributed by atoms with Gasteiger partial charge in [0, 0.05) is 13.1 Å². The molecule has 18 heavy (non-hydrogen) atoms. The smallest absolute Gasteiger partial charge is 0.163 e. The number of anilines is 1. The summed E-state index contributed by atoms with van der Waals surface area (Å²) in [5.74, 6) is 2.23. The highest BCUT2D eigenvalue weighted by Crippen LogP contribution is 2.20. The van der Waals surface area contributed by atoms with Crippen molar-refractivity contribution in [1.29, 1.82) is 0 Å². The summed E-state index contributed by atoms with van der Waals surface area (Å²) in [6, 6.07) is 0. The molecule has 5 nitrogen and oxygen atoms in total. The van der Waals surface area contributed by atoms with E-state index in [1.54, 1.807) is 0 Å². The van der Waals surface area contributed by atoms with Crippen LogP contribution in [0.4, 0.5) is 5.82 Å². The average molecular weight is 247 g/mol. The number of fused-ring (bicyclic) bond motifs is 1. The Labute approximate surface area is 108 Å². The Kier molecular flexibility index (Phi) is 3.79. The molecule has 0 bridgehead atoms. The third kappa shape index (κ3) is 2.60. The summed E-state index contributed by atoms with van der Waals surface area (Å²) in [5, 5.41) is 8.77. The lowest BCUT2D eigenvalue weighted by molar-refractivity contribution is 0.492. The Balaban J connectivity index is 2.43. The fourth-order valence-electron chi connectivity index (χ4n) is 1.92. The molecule has 1 N–H and O–H groups in total. The van der Waals surface area contributed by atoms with Gasteiger partial charge in [0.1, 0.15) is 11.6 Å². The first-order valence-corrected chi connectivity index (χ1v) is 6.55. The molecule has 2 heterocycles. The van der Waals surface area contributed by atoms with Gasteiger partial charge in [0.25, 0.3) is 0 Å². The lowest BCUT2D eigenvalue weighted by atomic mass is 10.2. The molecule has 0 fully saturated rings. The second-order valence-electron chi connectivity index (χ2n) is 5.00. The first-order valence-electron chi connectivity index (χ1n) is 6.55. The van der Waals surface area contributed by atoms with Crippen molar-refractivity contribution in [3.8, 4) is 0 Å². The number of hydrogen-bond acceptors (Lipinski definition) is 4. The van der Waals surface area contributed by atoms with Crippen LogP contribution >= 0.6 is 0 Å². The molecule has 0 aliphatic heterocycles. The lowest BCUT2D eigenvalue weighted by Crippen LogP contribution is -2.08. The van der Waals surface area contributed by atoms with E-state index in [9.17, 15) is 0 Å². The highest BCUT2D eigenvalue weighted by molar-refractivity contribution is 5.86. The van der Waals surface area contributed by atoms with E-state index < -0.39 is 0 Å². The largest absolute Gasteiger partial charge is 0.369 e. The molecule has 2 aromatic heterocycles. The maximum Gasteiger partial charge on any atom is 0.163 e. The molecule has 0 amide bonds. The molecule has 0 radical (unpaired) electrons. The topological polar surface area (TPSA) is 55.6 Å². The molecule has 2 aromatic rings. The summed E-state index contributed by atoms with van der Waals surface area (Å²) in [6.45, 7) is 10.2. The van der Waals surface area contributed by atoms with Gasteiger partial charge < -0.3 is 5.32 Å². The predicted molar refractivity (Wildman–Crippen MR) is 73.7 cm³/mol. The van der Waals surface area contributed by atoms with Crippen LogP contribution in [0.3, 0.4) is 0 Å². The van der Waals surface area contributed by atoms with E-state index in [-0.39, 0.29) is 0 Å². The maximum absolute atomic E-state index is 4.51. The molecule has 0 spiro atoms. The number of aryl methyl sites for hydroxylation is 1. The van der Waals surface area contributed by atoms with Crippen LogP contribution in [0.25, 0.3) is 11.0 Å². The Morgan fingerprint density at radius 2 is 2.11 bits per heavy atom. The van der Waals surface area contributed by atoms with Gasteiger partial charge in [0.2, 0.25) is 0 Å². The Morgan fingerprint density at radius 1 is 1.33 bits per heavy atom. The first kappa shape index (κ1) is 12.8. The zero-order chi connectivity index (χ0) is 13.1. The molecular weight excluding hydrogens is 226 g/mol. The number of aromatic nitrogens is 4. The summed E-state index contributed by atoms with van der Waals surface area (Å²) in [5.41, 5.74) is 0.926. The van der Waals surface area contributed by atoms with E-state index in [1.165, 1.54) is 0 Å². The highest BCUT2D eigenvalue weighted by Gasteiger charge is 2.11. The van der Waals surface area contributed by atoms with Crippen LogP contribution in [-0.2, 0) is 6.54 Å². The van der Waals surface area contributed by atoms with Gasteiger partial charge in [0.05, 0.1) is 11.6 Å². The van der Waals surface area contributed by atoms with Crippen molar-refractivity contribution in [2.75, 3.05) is 11.9 Å². The summed E-state index contributed by atoms with van der Waals surface area (Å²) >= 11 is 0. The Morgan fingerprint density at radius 3 is 2.78 bits per heavy atom. The number of nitrogens with one attached hydrogen (secondary N) is 1. The van der Waals surface area contributed by atoms with Crippen molar-refractivity contribution >= 4 is 16.9 Å². The zero-order valence-electron chi connectivity index (χ0n) is 11.6.